The van der Waals surface area contributed by atoms with Crippen LogP contribution in [0.25, 0.3) is 0 Å². The topological polar surface area (TPSA) is 66.8 Å². The Balaban J connectivity index is 2.37. The highest BCUT2D eigenvalue weighted by Gasteiger charge is 2.18. The molecule has 0 unspecified atom stereocenters. The van der Waals surface area contributed by atoms with Gasteiger partial charge in [0.05, 0.1) is 19.6 Å². The second-order valence-corrected chi connectivity index (χ2v) is 2.58. The summed E-state index contributed by atoms with van der Waals surface area (Å²) < 4.78 is 4.92. The molecule has 0 aromatic carbocycles. The number of aliphatic hydroxyl groups excluding tert-OH is 1. The molecule has 1 rings (SSSR count). The number of nitrogens with zero attached hydrogens (tertiary/aromatic N) is 1. The molecular formula is C8H11NO4. The molecule has 13 heavy (non-hydrogen) atoms. The van der Waals surface area contributed by atoms with Crippen LogP contribution in [0.4, 0.5) is 0 Å². The number of ether oxygens (including phenoxy) is 1. The third kappa shape index (κ3) is 2.96. The molecule has 0 spiro atoms. The Labute approximate surface area is 75.6 Å². The zero-order valence-electron chi connectivity index (χ0n) is 7.10. The summed E-state index contributed by atoms with van der Waals surface area (Å²) in [5.41, 5.74) is 0. The van der Waals surface area contributed by atoms with E-state index in [9.17, 15) is 9.59 Å². The lowest BCUT2D eigenvalue weighted by Gasteiger charge is -2.20. The van der Waals surface area contributed by atoms with Crippen molar-refractivity contribution in [2.45, 2.75) is 6.42 Å². The lowest BCUT2D eigenvalue weighted by atomic mass is 10.2. The Morgan fingerprint density at radius 2 is 2.31 bits per heavy atom. The first-order chi connectivity index (χ1) is 6.24. The highest BCUT2D eigenvalue weighted by atomic mass is 16.5. The Bertz CT molecular complexity index is 236. The number of carbonyl (C=O) groups excluding carboxylic acids is 2. The first kappa shape index (κ1) is 9.88. The third-order valence-corrected chi connectivity index (χ3v) is 1.55. The molecule has 1 amide bonds. The van der Waals surface area contributed by atoms with Crippen LogP contribution in [0.1, 0.15) is 6.42 Å². The van der Waals surface area contributed by atoms with E-state index in [4.69, 9.17) is 9.84 Å². The van der Waals surface area contributed by atoms with Crippen LogP contribution in [0.2, 0.25) is 0 Å². The fraction of sp³-hybridized carbons (Fsp3) is 0.500. The standard InChI is InChI=1S/C8H11NO4/c10-3-4-13-6-9-2-1-7(11)5-8(9)12/h1-2,10H,3-6H2. The summed E-state index contributed by atoms with van der Waals surface area (Å²) in [4.78, 5) is 23.1. The first-order valence-electron chi connectivity index (χ1n) is 3.93. The van der Waals surface area contributed by atoms with Gasteiger partial charge in [-0.1, -0.05) is 0 Å². The van der Waals surface area contributed by atoms with Gasteiger partial charge in [0.1, 0.15) is 6.73 Å². The van der Waals surface area contributed by atoms with Gasteiger partial charge >= 0.3 is 0 Å². The van der Waals surface area contributed by atoms with Gasteiger partial charge in [0.15, 0.2) is 5.78 Å². The molecule has 5 nitrogen and oxygen atoms in total. The molecule has 5 heteroatoms. The van der Waals surface area contributed by atoms with E-state index in [0.717, 1.165) is 0 Å². The SMILES string of the molecule is O=C1C=CN(COCCO)C(=O)C1. The minimum absolute atomic E-state index is 0.0787. The van der Waals surface area contributed by atoms with Gasteiger partial charge in [-0.2, -0.15) is 0 Å². The van der Waals surface area contributed by atoms with Crippen molar-refractivity contribution >= 4 is 11.7 Å². The summed E-state index contributed by atoms with van der Waals surface area (Å²) >= 11 is 0. The third-order valence-electron chi connectivity index (χ3n) is 1.55. The van der Waals surface area contributed by atoms with Crippen molar-refractivity contribution in [3.05, 3.63) is 12.3 Å². The molecule has 0 saturated carbocycles. The highest BCUT2D eigenvalue weighted by Crippen LogP contribution is 2.04. The molecule has 0 radical (unpaired) electrons. The van der Waals surface area contributed by atoms with Crippen LogP contribution in [-0.2, 0) is 14.3 Å². The summed E-state index contributed by atoms with van der Waals surface area (Å²) in [5, 5.41) is 8.40. The van der Waals surface area contributed by atoms with E-state index in [0.29, 0.717) is 0 Å². The van der Waals surface area contributed by atoms with Gasteiger partial charge in [-0.3, -0.25) is 14.5 Å². The number of carbonyl (C=O) groups is 2. The van der Waals surface area contributed by atoms with Gasteiger partial charge < -0.3 is 9.84 Å². The van der Waals surface area contributed by atoms with Crippen molar-refractivity contribution in [2.75, 3.05) is 19.9 Å². The monoisotopic (exact) mass is 185 g/mol. The van der Waals surface area contributed by atoms with Crippen LogP contribution in [0, 0.1) is 0 Å². The second-order valence-electron chi connectivity index (χ2n) is 2.58. The summed E-state index contributed by atoms with van der Waals surface area (Å²) in [5.74, 6) is -0.464. The molecule has 0 aromatic rings. The molecule has 0 fully saturated rings. The fourth-order valence-electron chi connectivity index (χ4n) is 0.908. The van der Waals surface area contributed by atoms with Gasteiger partial charge in [-0.05, 0) is 6.08 Å². The number of amides is 1. The highest BCUT2D eigenvalue weighted by molar-refractivity contribution is 6.06. The number of allylic oxidation sites excluding steroid dienone is 1. The van der Waals surface area contributed by atoms with Crippen LogP contribution in [0.15, 0.2) is 12.3 Å². The summed E-state index contributed by atoms with van der Waals surface area (Å²) in [7, 11) is 0. The predicted octanol–water partition coefficient (Wildman–Crippen LogP) is -0.732. The van der Waals surface area contributed by atoms with Crippen LogP contribution < -0.4 is 0 Å². The largest absolute Gasteiger partial charge is 0.394 e. The smallest absolute Gasteiger partial charge is 0.236 e. The molecule has 0 aromatic heterocycles. The maximum absolute atomic E-state index is 11.1. The van der Waals surface area contributed by atoms with E-state index >= 15 is 0 Å². The lowest BCUT2D eigenvalue weighted by Crippen LogP contribution is -2.33. The Hall–Kier alpha value is -1.20. The summed E-state index contributed by atoms with van der Waals surface area (Å²) in [6.45, 7) is 0.194. The Kier molecular flexibility index (Phi) is 3.60. The maximum Gasteiger partial charge on any atom is 0.236 e. The number of aliphatic hydroxyl groups is 1. The van der Waals surface area contributed by atoms with Gasteiger partial charge in [-0.25, -0.2) is 0 Å². The lowest BCUT2D eigenvalue weighted by molar-refractivity contribution is -0.137. The van der Waals surface area contributed by atoms with Gasteiger partial charge in [0.25, 0.3) is 0 Å². The van der Waals surface area contributed by atoms with Crippen LogP contribution >= 0.6 is 0 Å². The number of ketones is 1. The quantitative estimate of drug-likeness (QED) is 0.463. The van der Waals surface area contributed by atoms with Crippen molar-refractivity contribution in [3.63, 3.8) is 0 Å². The average molecular weight is 185 g/mol. The molecular weight excluding hydrogens is 174 g/mol. The molecule has 0 saturated heterocycles. The van der Waals surface area contributed by atoms with Crippen molar-refractivity contribution in [3.8, 4) is 0 Å². The van der Waals surface area contributed by atoms with Gasteiger partial charge in [-0.15, -0.1) is 0 Å². The molecule has 0 atom stereocenters. The average Bonchev–Trinajstić information content (AvgIpc) is 2.09. The number of hydrogen-bond donors (Lipinski definition) is 1. The molecule has 1 N–H and O–H groups in total. The zero-order valence-corrected chi connectivity index (χ0v) is 7.10. The maximum atomic E-state index is 11.1. The van der Waals surface area contributed by atoms with Crippen molar-refractivity contribution < 1.29 is 19.4 Å². The minimum Gasteiger partial charge on any atom is -0.394 e. The van der Waals surface area contributed by atoms with Crippen molar-refractivity contribution in [1.29, 1.82) is 0 Å². The normalized spacial score (nSPS) is 16.8. The molecule has 1 aliphatic rings. The van der Waals surface area contributed by atoms with Crippen LogP contribution in [0.3, 0.4) is 0 Å². The van der Waals surface area contributed by atoms with E-state index in [-0.39, 0.29) is 38.1 Å². The fourth-order valence-corrected chi connectivity index (χ4v) is 0.908. The van der Waals surface area contributed by atoms with Crippen molar-refractivity contribution in [1.82, 2.24) is 4.90 Å². The van der Waals surface area contributed by atoms with E-state index in [2.05, 4.69) is 0 Å². The van der Waals surface area contributed by atoms with Crippen LogP contribution in [-0.4, -0.2) is 41.6 Å². The predicted molar refractivity (Wildman–Crippen MR) is 43.5 cm³/mol. The van der Waals surface area contributed by atoms with E-state index in [1.807, 2.05) is 0 Å². The molecule has 1 aliphatic heterocycles. The van der Waals surface area contributed by atoms with Gasteiger partial charge in [0.2, 0.25) is 5.91 Å². The molecule has 72 valence electrons. The Morgan fingerprint density at radius 1 is 1.54 bits per heavy atom. The molecule has 0 bridgehead atoms. The first-order valence-corrected chi connectivity index (χ1v) is 3.93. The van der Waals surface area contributed by atoms with E-state index in [1.54, 1.807) is 0 Å². The second kappa shape index (κ2) is 4.74. The molecule has 1 heterocycles. The Morgan fingerprint density at radius 3 is 2.92 bits per heavy atom. The zero-order chi connectivity index (χ0) is 9.68. The van der Waals surface area contributed by atoms with Gasteiger partial charge in [0, 0.05) is 6.20 Å². The molecule has 0 aliphatic carbocycles. The van der Waals surface area contributed by atoms with Crippen molar-refractivity contribution in [2.24, 2.45) is 0 Å². The summed E-state index contributed by atoms with van der Waals surface area (Å²) in [6.07, 6.45) is 2.63. The minimum atomic E-state index is -0.273. The van der Waals surface area contributed by atoms with Crippen LogP contribution in [0.5, 0.6) is 0 Å². The van der Waals surface area contributed by atoms with E-state index in [1.165, 1.54) is 17.2 Å². The number of rotatable bonds is 4. The van der Waals surface area contributed by atoms with E-state index < -0.39 is 0 Å². The summed E-state index contributed by atoms with van der Waals surface area (Å²) in [6, 6.07) is 0. The number of hydrogen-bond acceptors (Lipinski definition) is 4.